The van der Waals surface area contributed by atoms with Gasteiger partial charge in [-0.2, -0.15) is 0 Å². The van der Waals surface area contributed by atoms with Gasteiger partial charge in [0, 0.05) is 0 Å². The van der Waals surface area contributed by atoms with E-state index in [1.165, 1.54) is 0 Å². The molecule has 1 aliphatic rings. The van der Waals surface area contributed by atoms with Crippen LogP contribution in [-0.4, -0.2) is 47.7 Å². The van der Waals surface area contributed by atoms with Gasteiger partial charge in [-0.25, -0.2) is 0 Å². The number of esters is 1. The van der Waals surface area contributed by atoms with Crippen LogP contribution in [0.25, 0.3) is 0 Å². The van der Waals surface area contributed by atoms with Crippen molar-refractivity contribution >= 4 is 11.9 Å². The molecule has 0 atom stereocenters. The molecule has 0 saturated carbocycles. The molecular formula is C11H19NO4. The van der Waals surface area contributed by atoms with Crippen LogP contribution < -0.4 is 0 Å². The number of likely N-dealkylation sites (tertiary alicyclic amines) is 1. The van der Waals surface area contributed by atoms with E-state index in [2.05, 4.69) is 0 Å². The third kappa shape index (κ3) is 4.18. The molecule has 5 heteroatoms. The lowest BCUT2D eigenvalue weighted by molar-refractivity contribution is -0.149. The number of piperidine rings is 1. The summed E-state index contributed by atoms with van der Waals surface area (Å²) >= 11 is 0. The molecule has 0 aromatic rings. The number of aliphatic carboxylic acids is 1. The molecule has 1 aliphatic heterocycles. The molecule has 0 bridgehead atoms. The molecule has 1 heterocycles. The summed E-state index contributed by atoms with van der Waals surface area (Å²) in [4.78, 5) is 24.0. The van der Waals surface area contributed by atoms with Gasteiger partial charge in [0.25, 0.3) is 0 Å². The third-order valence-corrected chi connectivity index (χ3v) is 2.66. The summed E-state index contributed by atoms with van der Waals surface area (Å²) in [5.41, 5.74) is 0. The summed E-state index contributed by atoms with van der Waals surface area (Å²) in [6.07, 6.45) is 1.14. The first-order chi connectivity index (χ1) is 7.49. The van der Waals surface area contributed by atoms with E-state index < -0.39 is 5.97 Å². The molecule has 0 aliphatic carbocycles. The molecule has 92 valence electrons. The molecule has 0 amide bonds. The van der Waals surface area contributed by atoms with Gasteiger partial charge in [0.05, 0.1) is 18.6 Å². The predicted molar refractivity (Wildman–Crippen MR) is 58.0 cm³/mol. The van der Waals surface area contributed by atoms with E-state index in [1.54, 1.807) is 0 Å². The second-order valence-electron chi connectivity index (χ2n) is 4.43. The average molecular weight is 229 g/mol. The quantitative estimate of drug-likeness (QED) is 0.720. The second-order valence-corrected chi connectivity index (χ2v) is 4.43. The van der Waals surface area contributed by atoms with Crippen LogP contribution in [-0.2, 0) is 14.3 Å². The second kappa shape index (κ2) is 5.84. The van der Waals surface area contributed by atoms with Crippen molar-refractivity contribution in [3.63, 3.8) is 0 Å². The van der Waals surface area contributed by atoms with Crippen LogP contribution in [0.2, 0.25) is 0 Å². The van der Waals surface area contributed by atoms with Gasteiger partial charge in [-0.05, 0) is 39.8 Å². The molecule has 0 radical (unpaired) electrons. The minimum atomic E-state index is -0.732. The maximum absolute atomic E-state index is 11.4. The number of carboxylic acids is 1. The Hall–Kier alpha value is -1.10. The molecule has 5 nitrogen and oxygen atoms in total. The molecule has 0 spiro atoms. The highest BCUT2D eigenvalue weighted by Crippen LogP contribution is 2.16. The fourth-order valence-corrected chi connectivity index (χ4v) is 1.82. The SMILES string of the molecule is CC(C)OC(=O)CN1CCC(C(=O)O)CC1. The van der Waals surface area contributed by atoms with Crippen molar-refractivity contribution in [3.8, 4) is 0 Å². The topological polar surface area (TPSA) is 66.8 Å². The number of nitrogens with zero attached hydrogens (tertiary/aromatic N) is 1. The number of hydrogen-bond acceptors (Lipinski definition) is 4. The van der Waals surface area contributed by atoms with Crippen molar-refractivity contribution in [1.29, 1.82) is 0 Å². The first-order valence-electron chi connectivity index (χ1n) is 5.63. The lowest BCUT2D eigenvalue weighted by Crippen LogP contribution is -2.40. The van der Waals surface area contributed by atoms with Crippen molar-refractivity contribution in [1.82, 2.24) is 4.90 Å². The first kappa shape index (κ1) is 13.0. The summed E-state index contributed by atoms with van der Waals surface area (Å²) in [6.45, 7) is 5.21. The van der Waals surface area contributed by atoms with Gasteiger partial charge in [0.1, 0.15) is 0 Å². The van der Waals surface area contributed by atoms with Crippen molar-refractivity contribution in [3.05, 3.63) is 0 Å². The van der Waals surface area contributed by atoms with E-state index in [-0.39, 0.29) is 24.5 Å². The minimum Gasteiger partial charge on any atom is -0.481 e. The summed E-state index contributed by atoms with van der Waals surface area (Å²) in [5.74, 6) is -1.22. The number of hydrogen-bond donors (Lipinski definition) is 1. The number of ether oxygens (including phenoxy) is 1. The summed E-state index contributed by atoms with van der Waals surface area (Å²) in [7, 11) is 0. The van der Waals surface area contributed by atoms with Gasteiger partial charge in [-0.15, -0.1) is 0 Å². The van der Waals surface area contributed by atoms with Gasteiger partial charge in [-0.3, -0.25) is 14.5 Å². The molecular weight excluding hydrogens is 210 g/mol. The Kier molecular flexibility index (Phi) is 4.73. The first-order valence-corrected chi connectivity index (χ1v) is 5.63. The van der Waals surface area contributed by atoms with E-state index in [4.69, 9.17) is 9.84 Å². The Morgan fingerprint density at radius 3 is 2.38 bits per heavy atom. The van der Waals surface area contributed by atoms with E-state index >= 15 is 0 Å². The Labute approximate surface area is 95.4 Å². The fourth-order valence-electron chi connectivity index (χ4n) is 1.82. The smallest absolute Gasteiger partial charge is 0.320 e. The molecule has 0 aromatic heterocycles. The molecule has 1 rings (SSSR count). The van der Waals surface area contributed by atoms with Gasteiger partial charge >= 0.3 is 11.9 Å². The van der Waals surface area contributed by atoms with Crippen LogP contribution in [0.3, 0.4) is 0 Å². The van der Waals surface area contributed by atoms with Gasteiger partial charge < -0.3 is 9.84 Å². The highest BCUT2D eigenvalue weighted by Gasteiger charge is 2.25. The van der Waals surface area contributed by atoms with Crippen LogP contribution in [0.4, 0.5) is 0 Å². The Morgan fingerprint density at radius 2 is 1.94 bits per heavy atom. The lowest BCUT2D eigenvalue weighted by atomic mass is 9.97. The van der Waals surface area contributed by atoms with E-state index in [0.29, 0.717) is 25.9 Å². The normalized spacial score (nSPS) is 18.7. The number of carbonyl (C=O) groups is 2. The maximum atomic E-state index is 11.4. The van der Waals surface area contributed by atoms with Gasteiger partial charge in [0.2, 0.25) is 0 Å². The molecule has 0 aromatic carbocycles. The van der Waals surface area contributed by atoms with E-state index in [1.807, 2.05) is 18.7 Å². The zero-order valence-corrected chi connectivity index (χ0v) is 9.81. The number of carbonyl (C=O) groups excluding carboxylic acids is 1. The highest BCUT2D eigenvalue weighted by atomic mass is 16.5. The lowest BCUT2D eigenvalue weighted by Gasteiger charge is -2.29. The van der Waals surface area contributed by atoms with Gasteiger partial charge in [-0.1, -0.05) is 0 Å². The van der Waals surface area contributed by atoms with Crippen molar-refractivity contribution in [2.75, 3.05) is 19.6 Å². The van der Waals surface area contributed by atoms with Crippen LogP contribution in [0.5, 0.6) is 0 Å². The molecule has 1 fully saturated rings. The Morgan fingerprint density at radius 1 is 1.38 bits per heavy atom. The summed E-state index contributed by atoms with van der Waals surface area (Å²) in [6, 6.07) is 0. The van der Waals surface area contributed by atoms with E-state index in [0.717, 1.165) is 0 Å². The number of rotatable bonds is 4. The zero-order chi connectivity index (χ0) is 12.1. The average Bonchev–Trinajstić information content (AvgIpc) is 2.16. The maximum Gasteiger partial charge on any atom is 0.320 e. The van der Waals surface area contributed by atoms with E-state index in [9.17, 15) is 9.59 Å². The van der Waals surface area contributed by atoms with Crippen LogP contribution in [0, 0.1) is 5.92 Å². The van der Waals surface area contributed by atoms with Crippen LogP contribution in [0.15, 0.2) is 0 Å². The largest absolute Gasteiger partial charge is 0.481 e. The van der Waals surface area contributed by atoms with Crippen LogP contribution >= 0.6 is 0 Å². The molecule has 1 saturated heterocycles. The highest BCUT2D eigenvalue weighted by molar-refractivity contribution is 5.72. The van der Waals surface area contributed by atoms with Crippen molar-refractivity contribution < 1.29 is 19.4 Å². The van der Waals surface area contributed by atoms with Crippen molar-refractivity contribution in [2.45, 2.75) is 32.8 Å². The van der Waals surface area contributed by atoms with Crippen molar-refractivity contribution in [2.24, 2.45) is 5.92 Å². The summed E-state index contributed by atoms with van der Waals surface area (Å²) < 4.78 is 5.03. The molecule has 1 N–H and O–H groups in total. The molecule has 16 heavy (non-hydrogen) atoms. The predicted octanol–water partition coefficient (Wildman–Crippen LogP) is 0.735. The monoisotopic (exact) mass is 229 g/mol. The number of carboxylic acid groups (broad SMARTS) is 1. The fraction of sp³-hybridized carbons (Fsp3) is 0.818. The van der Waals surface area contributed by atoms with Crippen LogP contribution in [0.1, 0.15) is 26.7 Å². The Bertz CT molecular complexity index is 257. The third-order valence-electron chi connectivity index (χ3n) is 2.66. The molecule has 0 unspecified atom stereocenters. The minimum absolute atomic E-state index is 0.0935. The standard InChI is InChI=1S/C11H19NO4/c1-8(2)16-10(13)7-12-5-3-9(4-6-12)11(14)15/h8-9H,3-7H2,1-2H3,(H,14,15). The zero-order valence-electron chi connectivity index (χ0n) is 9.81. The summed E-state index contributed by atoms with van der Waals surface area (Å²) in [5, 5.41) is 8.82. The van der Waals surface area contributed by atoms with Gasteiger partial charge in [0.15, 0.2) is 0 Å². The Balaban J connectivity index is 2.26.